The van der Waals surface area contributed by atoms with Gasteiger partial charge in [-0.05, 0) is 29.8 Å². The predicted octanol–water partition coefficient (Wildman–Crippen LogP) is 5.02. The van der Waals surface area contributed by atoms with E-state index in [2.05, 4.69) is 15.9 Å². The monoisotopic (exact) mass is 412 g/mol. The van der Waals surface area contributed by atoms with Crippen molar-refractivity contribution in [2.75, 3.05) is 7.11 Å². The number of nitrogens with zero attached hydrogens (tertiary/aromatic N) is 1. The molecule has 0 aliphatic carbocycles. The molecule has 132 valence electrons. The minimum Gasteiger partial charge on any atom is -0.497 e. The zero-order valence-electron chi connectivity index (χ0n) is 13.3. The maximum absolute atomic E-state index is 13.1. The lowest BCUT2D eigenvalue weighted by molar-refractivity contribution is -0.148. The summed E-state index contributed by atoms with van der Waals surface area (Å²) in [5, 5.41) is 0.501. The van der Waals surface area contributed by atoms with Gasteiger partial charge in [-0.2, -0.15) is 13.2 Å². The molecule has 0 fully saturated rings. The number of halogens is 4. The fourth-order valence-corrected chi connectivity index (χ4v) is 3.13. The molecule has 1 heterocycles. The molecule has 0 radical (unpaired) electrons. The first-order chi connectivity index (χ1) is 11.8. The number of alkyl halides is 3. The van der Waals surface area contributed by atoms with Gasteiger partial charge in [0, 0.05) is 33.7 Å². The van der Waals surface area contributed by atoms with Crippen LogP contribution in [0.15, 0.2) is 53.1 Å². The molecule has 0 aliphatic rings. The highest BCUT2D eigenvalue weighted by atomic mass is 79.9. The van der Waals surface area contributed by atoms with E-state index in [9.17, 15) is 13.2 Å². The third-order valence-corrected chi connectivity index (χ3v) is 4.57. The van der Waals surface area contributed by atoms with Crippen LogP contribution in [0.3, 0.4) is 0 Å². The Bertz CT molecular complexity index is 888. The van der Waals surface area contributed by atoms with Crippen molar-refractivity contribution in [3.05, 3.63) is 64.3 Å². The quantitative estimate of drug-likeness (QED) is 0.653. The Hall–Kier alpha value is -1.99. The third-order valence-electron chi connectivity index (χ3n) is 4.07. The fourth-order valence-electron chi connectivity index (χ4n) is 2.78. The molecule has 0 aliphatic heterocycles. The summed E-state index contributed by atoms with van der Waals surface area (Å²) in [5.41, 5.74) is 7.17. The molecule has 0 bridgehead atoms. The SMILES string of the molecule is COc1ccc(Cn2cc([C@H](N)C(F)(F)F)c3ccc(Br)cc32)cc1. The second-order valence-corrected chi connectivity index (χ2v) is 6.66. The molecule has 2 aromatic carbocycles. The van der Waals surface area contributed by atoms with E-state index < -0.39 is 12.2 Å². The summed E-state index contributed by atoms with van der Waals surface area (Å²) in [5.74, 6) is 0.726. The second kappa shape index (κ2) is 6.72. The molecule has 0 saturated heterocycles. The van der Waals surface area contributed by atoms with Crippen LogP contribution in [0.5, 0.6) is 5.75 Å². The standard InChI is InChI=1S/C18H16BrF3N2O/c1-25-13-5-2-11(3-6-13)9-24-10-15(17(23)18(20,21)22)14-7-4-12(19)8-16(14)24/h2-8,10,17H,9,23H2,1H3/t17-/m0/s1. The molecule has 3 nitrogen and oxygen atoms in total. The van der Waals surface area contributed by atoms with E-state index in [1.54, 1.807) is 29.9 Å². The molecule has 0 unspecified atom stereocenters. The predicted molar refractivity (Wildman–Crippen MR) is 94.7 cm³/mol. The average Bonchev–Trinajstić information content (AvgIpc) is 2.91. The maximum Gasteiger partial charge on any atom is 0.407 e. The number of ether oxygens (including phenoxy) is 1. The van der Waals surface area contributed by atoms with Crippen molar-refractivity contribution < 1.29 is 17.9 Å². The van der Waals surface area contributed by atoms with E-state index in [-0.39, 0.29) is 5.56 Å². The van der Waals surface area contributed by atoms with Crippen LogP contribution < -0.4 is 10.5 Å². The minimum atomic E-state index is -4.49. The second-order valence-electron chi connectivity index (χ2n) is 5.74. The topological polar surface area (TPSA) is 40.2 Å². The lowest BCUT2D eigenvalue weighted by Crippen LogP contribution is -2.28. The molecule has 3 rings (SSSR count). The van der Waals surface area contributed by atoms with Crippen LogP contribution in [-0.2, 0) is 6.54 Å². The molecule has 1 atom stereocenters. The summed E-state index contributed by atoms with van der Waals surface area (Å²) >= 11 is 3.37. The van der Waals surface area contributed by atoms with Crippen LogP contribution in [0.25, 0.3) is 10.9 Å². The normalized spacial score (nSPS) is 13.2. The van der Waals surface area contributed by atoms with Gasteiger partial charge in [0.15, 0.2) is 0 Å². The fraction of sp³-hybridized carbons (Fsp3) is 0.222. The van der Waals surface area contributed by atoms with Crippen molar-refractivity contribution in [3.8, 4) is 5.75 Å². The molecule has 25 heavy (non-hydrogen) atoms. The summed E-state index contributed by atoms with van der Waals surface area (Å²) in [6.07, 6.45) is -3.01. The highest BCUT2D eigenvalue weighted by Gasteiger charge is 2.39. The van der Waals surface area contributed by atoms with Gasteiger partial charge in [-0.25, -0.2) is 0 Å². The Labute approximate surface area is 151 Å². The number of nitrogens with two attached hydrogens (primary N) is 1. The smallest absolute Gasteiger partial charge is 0.407 e. The van der Waals surface area contributed by atoms with Crippen LogP contribution in [0.2, 0.25) is 0 Å². The molecule has 0 amide bonds. The first-order valence-corrected chi connectivity index (χ1v) is 8.32. The van der Waals surface area contributed by atoms with Crippen LogP contribution in [0, 0.1) is 0 Å². The highest BCUT2D eigenvalue weighted by Crippen LogP contribution is 2.36. The van der Waals surface area contributed by atoms with Crippen molar-refractivity contribution >= 4 is 26.8 Å². The number of methoxy groups -OCH3 is 1. The summed E-state index contributed by atoms with van der Waals surface area (Å²) in [4.78, 5) is 0. The van der Waals surface area contributed by atoms with Gasteiger partial charge in [0.1, 0.15) is 11.8 Å². The van der Waals surface area contributed by atoms with Crippen LogP contribution in [-0.4, -0.2) is 17.9 Å². The Morgan fingerprint density at radius 1 is 1.16 bits per heavy atom. The first kappa shape index (κ1) is 17.8. The molecular formula is C18H16BrF3N2O. The van der Waals surface area contributed by atoms with Crippen molar-refractivity contribution in [3.63, 3.8) is 0 Å². The molecule has 0 spiro atoms. The van der Waals surface area contributed by atoms with E-state index in [0.717, 1.165) is 15.8 Å². The Kier molecular flexibility index (Phi) is 4.79. The summed E-state index contributed by atoms with van der Waals surface area (Å²) in [7, 11) is 1.58. The summed E-state index contributed by atoms with van der Waals surface area (Å²) in [6.45, 7) is 0.432. The van der Waals surface area contributed by atoms with Gasteiger partial charge in [-0.15, -0.1) is 0 Å². The van der Waals surface area contributed by atoms with E-state index in [1.165, 1.54) is 6.20 Å². The number of benzene rings is 2. The number of rotatable bonds is 4. The number of aromatic nitrogens is 1. The number of hydrogen-bond donors (Lipinski definition) is 1. The zero-order valence-corrected chi connectivity index (χ0v) is 14.9. The van der Waals surface area contributed by atoms with Gasteiger partial charge < -0.3 is 15.0 Å². The Balaban J connectivity index is 2.06. The third kappa shape index (κ3) is 3.67. The summed E-state index contributed by atoms with van der Waals surface area (Å²) < 4.78 is 47.0. The Morgan fingerprint density at radius 3 is 2.44 bits per heavy atom. The van der Waals surface area contributed by atoms with E-state index >= 15 is 0 Å². The molecule has 1 aromatic heterocycles. The van der Waals surface area contributed by atoms with Crippen molar-refractivity contribution in [1.29, 1.82) is 0 Å². The average molecular weight is 413 g/mol. The van der Waals surface area contributed by atoms with Crippen molar-refractivity contribution in [1.82, 2.24) is 4.57 Å². The lowest BCUT2D eigenvalue weighted by atomic mass is 10.1. The van der Waals surface area contributed by atoms with E-state index in [4.69, 9.17) is 10.5 Å². The molecule has 0 saturated carbocycles. The van der Waals surface area contributed by atoms with Gasteiger partial charge in [-0.3, -0.25) is 0 Å². The van der Waals surface area contributed by atoms with Crippen LogP contribution in [0.4, 0.5) is 13.2 Å². The van der Waals surface area contributed by atoms with Crippen LogP contribution in [0.1, 0.15) is 17.2 Å². The lowest BCUT2D eigenvalue weighted by Gasteiger charge is -2.14. The number of fused-ring (bicyclic) bond motifs is 1. The molecule has 7 heteroatoms. The number of hydrogen-bond acceptors (Lipinski definition) is 2. The van der Waals surface area contributed by atoms with E-state index in [0.29, 0.717) is 17.4 Å². The highest BCUT2D eigenvalue weighted by molar-refractivity contribution is 9.10. The van der Waals surface area contributed by atoms with Crippen molar-refractivity contribution in [2.45, 2.75) is 18.8 Å². The molecule has 2 N–H and O–H groups in total. The van der Waals surface area contributed by atoms with Gasteiger partial charge in [0.25, 0.3) is 0 Å². The van der Waals surface area contributed by atoms with Crippen LogP contribution >= 0.6 is 15.9 Å². The molecule has 3 aromatic rings. The minimum absolute atomic E-state index is 0.0727. The van der Waals surface area contributed by atoms with Crippen molar-refractivity contribution in [2.24, 2.45) is 5.73 Å². The first-order valence-electron chi connectivity index (χ1n) is 7.53. The Morgan fingerprint density at radius 2 is 1.84 bits per heavy atom. The summed E-state index contributed by atoms with van der Waals surface area (Å²) in [6, 6.07) is 10.5. The largest absolute Gasteiger partial charge is 0.497 e. The maximum atomic E-state index is 13.1. The van der Waals surface area contributed by atoms with E-state index in [1.807, 2.05) is 24.3 Å². The van der Waals surface area contributed by atoms with Gasteiger partial charge in [-0.1, -0.05) is 34.1 Å². The molecular weight excluding hydrogens is 397 g/mol. The van der Waals surface area contributed by atoms with Gasteiger partial charge >= 0.3 is 6.18 Å². The van der Waals surface area contributed by atoms with Gasteiger partial charge in [0.2, 0.25) is 0 Å². The van der Waals surface area contributed by atoms with Gasteiger partial charge in [0.05, 0.1) is 7.11 Å². The zero-order chi connectivity index (χ0) is 18.2.